The highest BCUT2D eigenvalue weighted by Crippen LogP contribution is 2.18. The van der Waals surface area contributed by atoms with E-state index >= 15 is 0 Å². The number of aryl methyl sites for hydroxylation is 1. The lowest BCUT2D eigenvalue weighted by Crippen LogP contribution is -2.36. The van der Waals surface area contributed by atoms with Gasteiger partial charge in [-0.05, 0) is 61.4 Å². The van der Waals surface area contributed by atoms with Crippen molar-refractivity contribution in [1.82, 2.24) is 10.6 Å². The first kappa shape index (κ1) is 20.9. The number of methoxy groups -OCH3 is 1. The number of furan rings is 1. The standard InChI is InChI=1S/C24H24N2O4/c1-16-7-4-5-9-21(16)17(2)25-24(28)22(15-20-8-6-14-30-20)26-23(27)18-10-12-19(29-3)13-11-18/h4-15,17H,1-3H3,(H,25,28)(H,26,27)/b22-15-/t17-/m0/s1. The molecule has 0 aliphatic rings. The molecule has 6 heteroatoms. The summed E-state index contributed by atoms with van der Waals surface area (Å²) >= 11 is 0. The van der Waals surface area contributed by atoms with Gasteiger partial charge in [0.2, 0.25) is 0 Å². The van der Waals surface area contributed by atoms with E-state index in [4.69, 9.17) is 9.15 Å². The number of hydrogen-bond acceptors (Lipinski definition) is 4. The third kappa shape index (κ3) is 5.17. The van der Waals surface area contributed by atoms with Crippen LogP contribution in [0.15, 0.2) is 77.0 Å². The fourth-order valence-corrected chi connectivity index (χ4v) is 3.04. The van der Waals surface area contributed by atoms with E-state index in [1.807, 2.05) is 38.1 Å². The fourth-order valence-electron chi connectivity index (χ4n) is 3.04. The van der Waals surface area contributed by atoms with Crippen LogP contribution >= 0.6 is 0 Å². The van der Waals surface area contributed by atoms with Crippen LogP contribution in [0.5, 0.6) is 5.75 Å². The second-order valence-corrected chi connectivity index (χ2v) is 6.81. The number of carbonyl (C=O) groups excluding carboxylic acids is 2. The van der Waals surface area contributed by atoms with Gasteiger partial charge in [-0.3, -0.25) is 9.59 Å². The summed E-state index contributed by atoms with van der Waals surface area (Å²) in [4.78, 5) is 25.7. The molecule has 2 aromatic carbocycles. The average molecular weight is 404 g/mol. The second kappa shape index (κ2) is 9.60. The highest BCUT2D eigenvalue weighted by molar-refractivity contribution is 6.05. The van der Waals surface area contributed by atoms with Gasteiger partial charge in [-0.2, -0.15) is 0 Å². The van der Waals surface area contributed by atoms with Gasteiger partial charge in [0, 0.05) is 11.6 Å². The molecule has 2 amide bonds. The lowest BCUT2D eigenvalue weighted by atomic mass is 10.0. The molecule has 3 aromatic rings. The number of hydrogen-bond donors (Lipinski definition) is 2. The van der Waals surface area contributed by atoms with Crippen molar-refractivity contribution in [2.45, 2.75) is 19.9 Å². The van der Waals surface area contributed by atoms with Crippen LogP contribution in [-0.4, -0.2) is 18.9 Å². The Labute approximate surface area is 175 Å². The third-order valence-corrected chi connectivity index (χ3v) is 4.68. The van der Waals surface area contributed by atoms with Crippen LogP contribution < -0.4 is 15.4 Å². The number of rotatable bonds is 7. The lowest BCUT2D eigenvalue weighted by molar-refractivity contribution is -0.118. The van der Waals surface area contributed by atoms with Gasteiger partial charge in [0.1, 0.15) is 17.2 Å². The van der Waals surface area contributed by atoms with Crippen LogP contribution in [0.25, 0.3) is 6.08 Å². The molecule has 0 bridgehead atoms. The maximum Gasteiger partial charge on any atom is 0.268 e. The predicted octanol–water partition coefficient (Wildman–Crippen LogP) is 4.24. The molecule has 30 heavy (non-hydrogen) atoms. The molecule has 1 atom stereocenters. The molecule has 0 spiro atoms. The molecule has 1 aromatic heterocycles. The number of amides is 2. The predicted molar refractivity (Wildman–Crippen MR) is 115 cm³/mol. The van der Waals surface area contributed by atoms with Gasteiger partial charge in [-0.1, -0.05) is 24.3 Å². The Bertz CT molecular complexity index is 1040. The minimum absolute atomic E-state index is 0.0891. The molecule has 1 heterocycles. The summed E-state index contributed by atoms with van der Waals surface area (Å²) in [5.74, 6) is 0.277. The van der Waals surface area contributed by atoms with E-state index in [1.54, 1.807) is 43.5 Å². The van der Waals surface area contributed by atoms with E-state index in [1.165, 1.54) is 12.3 Å². The molecule has 0 unspecified atom stereocenters. The minimum atomic E-state index is -0.413. The quantitative estimate of drug-likeness (QED) is 0.577. The summed E-state index contributed by atoms with van der Waals surface area (Å²) in [5.41, 5.74) is 2.57. The Hall–Kier alpha value is -3.80. The van der Waals surface area contributed by atoms with E-state index < -0.39 is 11.8 Å². The minimum Gasteiger partial charge on any atom is -0.497 e. The second-order valence-electron chi connectivity index (χ2n) is 6.81. The SMILES string of the molecule is COc1ccc(C(=O)N/C(=C\c2ccco2)C(=O)N[C@@H](C)c2ccccc2C)cc1. The number of ether oxygens (including phenoxy) is 1. The summed E-state index contributed by atoms with van der Waals surface area (Å²) in [7, 11) is 1.55. The zero-order valence-corrected chi connectivity index (χ0v) is 17.1. The van der Waals surface area contributed by atoms with Crippen LogP contribution in [0.4, 0.5) is 0 Å². The first-order valence-corrected chi connectivity index (χ1v) is 9.55. The summed E-state index contributed by atoms with van der Waals surface area (Å²) in [6.45, 7) is 3.89. The van der Waals surface area contributed by atoms with E-state index in [-0.39, 0.29) is 11.7 Å². The van der Waals surface area contributed by atoms with E-state index in [0.717, 1.165) is 11.1 Å². The Morgan fingerprint density at radius 3 is 2.40 bits per heavy atom. The number of carbonyl (C=O) groups is 2. The normalized spacial score (nSPS) is 12.2. The zero-order valence-electron chi connectivity index (χ0n) is 17.1. The zero-order chi connectivity index (χ0) is 21.5. The van der Waals surface area contributed by atoms with E-state index in [2.05, 4.69) is 10.6 Å². The van der Waals surface area contributed by atoms with Crippen molar-refractivity contribution in [3.05, 3.63) is 95.1 Å². The Morgan fingerprint density at radius 1 is 1.03 bits per heavy atom. The summed E-state index contributed by atoms with van der Waals surface area (Å²) in [6, 6.07) is 17.6. The molecule has 0 fully saturated rings. The van der Waals surface area contributed by atoms with Crippen LogP contribution in [-0.2, 0) is 4.79 Å². The van der Waals surface area contributed by atoms with Crippen LogP contribution in [0.2, 0.25) is 0 Å². The summed E-state index contributed by atoms with van der Waals surface area (Å²) in [5, 5.41) is 5.63. The van der Waals surface area contributed by atoms with Crippen molar-refractivity contribution < 1.29 is 18.7 Å². The van der Waals surface area contributed by atoms with Gasteiger partial charge in [0.25, 0.3) is 11.8 Å². The van der Waals surface area contributed by atoms with Gasteiger partial charge in [0.05, 0.1) is 19.4 Å². The van der Waals surface area contributed by atoms with Gasteiger partial charge < -0.3 is 19.8 Å². The van der Waals surface area contributed by atoms with Crippen molar-refractivity contribution in [2.24, 2.45) is 0 Å². The van der Waals surface area contributed by atoms with Crippen LogP contribution in [0.1, 0.15) is 40.2 Å². The van der Waals surface area contributed by atoms with Crippen LogP contribution in [0.3, 0.4) is 0 Å². The third-order valence-electron chi connectivity index (χ3n) is 4.68. The smallest absolute Gasteiger partial charge is 0.268 e. The van der Waals surface area contributed by atoms with Crippen molar-refractivity contribution >= 4 is 17.9 Å². The summed E-state index contributed by atoms with van der Waals surface area (Å²) in [6.07, 6.45) is 3.00. The molecule has 3 rings (SSSR count). The van der Waals surface area contributed by atoms with Gasteiger partial charge in [0.15, 0.2) is 0 Å². The molecule has 2 N–H and O–H groups in total. The fraction of sp³-hybridized carbons (Fsp3) is 0.167. The Kier molecular flexibility index (Phi) is 6.70. The monoisotopic (exact) mass is 404 g/mol. The topological polar surface area (TPSA) is 80.6 Å². The molecule has 0 aliphatic carbocycles. The van der Waals surface area contributed by atoms with E-state index in [0.29, 0.717) is 17.1 Å². The highest BCUT2D eigenvalue weighted by atomic mass is 16.5. The molecular formula is C24H24N2O4. The van der Waals surface area contributed by atoms with Crippen molar-refractivity contribution in [2.75, 3.05) is 7.11 Å². The molecule has 154 valence electrons. The maximum atomic E-state index is 13.0. The number of nitrogens with one attached hydrogen (secondary N) is 2. The molecule has 6 nitrogen and oxygen atoms in total. The molecule has 0 saturated carbocycles. The maximum absolute atomic E-state index is 13.0. The first-order chi connectivity index (χ1) is 14.5. The largest absolute Gasteiger partial charge is 0.497 e. The van der Waals surface area contributed by atoms with Gasteiger partial charge in [-0.15, -0.1) is 0 Å². The molecule has 0 saturated heterocycles. The van der Waals surface area contributed by atoms with Gasteiger partial charge >= 0.3 is 0 Å². The molecule has 0 aliphatic heterocycles. The van der Waals surface area contributed by atoms with Crippen LogP contribution in [0, 0.1) is 6.92 Å². The number of benzene rings is 2. The average Bonchev–Trinajstić information content (AvgIpc) is 3.26. The van der Waals surface area contributed by atoms with E-state index in [9.17, 15) is 9.59 Å². The van der Waals surface area contributed by atoms with Crippen molar-refractivity contribution in [3.63, 3.8) is 0 Å². The van der Waals surface area contributed by atoms with Crippen molar-refractivity contribution in [1.29, 1.82) is 0 Å². The van der Waals surface area contributed by atoms with Crippen molar-refractivity contribution in [3.8, 4) is 5.75 Å². The highest BCUT2D eigenvalue weighted by Gasteiger charge is 2.18. The summed E-state index contributed by atoms with van der Waals surface area (Å²) < 4.78 is 10.4. The Balaban J connectivity index is 1.80. The molecule has 0 radical (unpaired) electrons. The Morgan fingerprint density at radius 2 is 1.77 bits per heavy atom. The van der Waals surface area contributed by atoms with Gasteiger partial charge in [-0.25, -0.2) is 0 Å². The molecular weight excluding hydrogens is 380 g/mol. The first-order valence-electron chi connectivity index (χ1n) is 9.55. The lowest BCUT2D eigenvalue weighted by Gasteiger charge is -2.18.